The lowest BCUT2D eigenvalue weighted by molar-refractivity contribution is 1.21. The van der Waals surface area contributed by atoms with Gasteiger partial charge < -0.3 is 4.90 Å². The molecule has 0 radical (unpaired) electrons. The monoisotopic (exact) mass is 419 g/mol. The second-order valence-corrected chi connectivity index (χ2v) is 7.20. The molecule has 0 bridgehead atoms. The molecule has 32 heavy (non-hydrogen) atoms. The first kappa shape index (κ1) is 23.1. The Kier molecular flexibility index (Phi) is 8.05. The maximum Gasteiger partial charge on any atom is 0.0414 e. The zero-order valence-electron chi connectivity index (χ0n) is 19.8. The van der Waals surface area contributed by atoms with Gasteiger partial charge in [0.15, 0.2) is 0 Å². The Bertz CT molecular complexity index is 1270. The molecule has 1 heteroatoms. The van der Waals surface area contributed by atoms with Crippen LogP contribution in [0.4, 0.5) is 11.4 Å². The van der Waals surface area contributed by atoms with E-state index in [1.165, 1.54) is 44.0 Å². The summed E-state index contributed by atoms with van der Waals surface area (Å²) in [5.74, 6) is 0. The van der Waals surface area contributed by atoms with Gasteiger partial charge in [0.25, 0.3) is 0 Å². The van der Waals surface area contributed by atoms with Crippen LogP contribution in [-0.2, 0) is 0 Å². The highest BCUT2D eigenvalue weighted by Gasteiger charge is 2.06. The number of anilines is 2. The van der Waals surface area contributed by atoms with Gasteiger partial charge in [-0.25, -0.2) is 0 Å². The van der Waals surface area contributed by atoms with Gasteiger partial charge in [0.05, 0.1) is 0 Å². The second-order valence-electron chi connectivity index (χ2n) is 7.20. The van der Waals surface area contributed by atoms with Crippen molar-refractivity contribution in [1.82, 2.24) is 0 Å². The summed E-state index contributed by atoms with van der Waals surface area (Å²) < 4.78 is 0. The molecule has 0 unspecified atom stereocenters. The van der Waals surface area contributed by atoms with Gasteiger partial charge in [-0.3, -0.25) is 0 Å². The van der Waals surface area contributed by atoms with Crippen molar-refractivity contribution in [2.24, 2.45) is 0 Å². The Morgan fingerprint density at radius 1 is 0.406 bits per heavy atom. The van der Waals surface area contributed by atoms with E-state index in [1.54, 1.807) is 0 Å². The van der Waals surface area contributed by atoms with Crippen molar-refractivity contribution in [3.05, 3.63) is 109 Å². The van der Waals surface area contributed by atoms with Crippen LogP contribution in [0.15, 0.2) is 109 Å². The zero-order chi connectivity index (χ0) is 22.9. The van der Waals surface area contributed by atoms with Crippen LogP contribution in [0.3, 0.4) is 0 Å². The van der Waals surface area contributed by atoms with E-state index in [9.17, 15) is 0 Å². The molecule has 0 amide bonds. The lowest BCUT2D eigenvalue weighted by Crippen LogP contribution is -2.09. The molecule has 0 aliphatic carbocycles. The van der Waals surface area contributed by atoms with Crippen molar-refractivity contribution in [3.8, 4) is 11.1 Å². The predicted octanol–water partition coefficient (Wildman–Crippen LogP) is 9.48. The standard InChI is InChI=1S/C27H21N.2C2H6/c1-28(27-17-14-21-7-3-5-9-24(21)19-27)26-15-12-22(13-16-26)25-11-10-20-6-2-4-8-23(20)18-25;2*1-2/h2-19H,1H3;2*1-2H3. The summed E-state index contributed by atoms with van der Waals surface area (Å²) in [6, 6.07) is 39.0. The van der Waals surface area contributed by atoms with Crippen LogP contribution in [-0.4, -0.2) is 7.05 Å². The molecule has 5 aromatic rings. The van der Waals surface area contributed by atoms with E-state index in [1.807, 2.05) is 27.7 Å². The fourth-order valence-corrected chi connectivity index (χ4v) is 3.78. The van der Waals surface area contributed by atoms with Crippen molar-refractivity contribution >= 4 is 32.9 Å². The van der Waals surface area contributed by atoms with Gasteiger partial charge in [-0.2, -0.15) is 0 Å². The van der Waals surface area contributed by atoms with E-state index in [0.717, 1.165) is 0 Å². The summed E-state index contributed by atoms with van der Waals surface area (Å²) in [5.41, 5.74) is 4.86. The first-order valence-electron chi connectivity index (χ1n) is 11.6. The van der Waals surface area contributed by atoms with Crippen molar-refractivity contribution in [2.75, 3.05) is 11.9 Å². The maximum atomic E-state index is 2.26. The molecule has 5 rings (SSSR count). The number of benzene rings is 5. The number of rotatable bonds is 3. The highest BCUT2D eigenvalue weighted by Crippen LogP contribution is 2.30. The summed E-state index contributed by atoms with van der Waals surface area (Å²) in [5, 5.41) is 5.09. The highest BCUT2D eigenvalue weighted by atomic mass is 15.1. The summed E-state index contributed by atoms with van der Waals surface area (Å²) >= 11 is 0. The molecule has 0 heterocycles. The molecule has 0 saturated carbocycles. The van der Waals surface area contributed by atoms with Gasteiger partial charge in [-0.05, 0) is 63.0 Å². The van der Waals surface area contributed by atoms with Gasteiger partial charge in [-0.1, -0.05) is 107 Å². The third-order valence-corrected chi connectivity index (χ3v) is 5.46. The van der Waals surface area contributed by atoms with Gasteiger partial charge in [0.2, 0.25) is 0 Å². The molecule has 0 atom stereocenters. The molecule has 0 aliphatic rings. The molecule has 0 aliphatic heterocycles. The number of nitrogens with zero attached hydrogens (tertiary/aromatic N) is 1. The highest BCUT2D eigenvalue weighted by molar-refractivity contribution is 5.88. The summed E-state index contributed by atoms with van der Waals surface area (Å²) in [7, 11) is 2.12. The predicted molar refractivity (Wildman–Crippen MR) is 144 cm³/mol. The first-order chi connectivity index (χ1) is 15.8. The largest absolute Gasteiger partial charge is 0.345 e. The Balaban J connectivity index is 0.000000686. The normalized spacial score (nSPS) is 10.0. The summed E-state index contributed by atoms with van der Waals surface area (Å²) in [6.07, 6.45) is 0. The molecule has 162 valence electrons. The minimum atomic E-state index is 1.18. The van der Waals surface area contributed by atoms with E-state index in [2.05, 4.69) is 121 Å². The fourth-order valence-electron chi connectivity index (χ4n) is 3.78. The minimum Gasteiger partial charge on any atom is -0.345 e. The Morgan fingerprint density at radius 3 is 1.44 bits per heavy atom. The van der Waals surface area contributed by atoms with Gasteiger partial charge >= 0.3 is 0 Å². The van der Waals surface area contributed by atoms with E-state index in [0.29, 0.717) is 0 Å². The van der Waals surface area contributed by atoms with Gasteiger partial charge in [-0.15, -0.1) is 0 Å². The average Bonchev–Trinajstić information content (AvgIpc) is 2.90. The molecular formula is C31H33N. The van der Waals surface area contributed by atoms with E-state index in [-0.39, 0.29) is 0 Å². The van der Waals surface area contributed by atoms with Crippen molar-refractivity contribution in [1.29, 1.82) is 0 Å². The third kappa shape index (κ3) is 5.00. The van der Waals surface area contributed by atoms with E-state index in [4.69, 9.17) is 0 Å². The lowest BCUT2D eigenvalue weighted by Gasteiger charge is -2.20. The molecule has 0 spiro atoms. The summed E-state index contributed by atoms with van der Waals surface area (Å²) in [4.78, 5) is 2.23. The molecule has 1 nitrogen and oxygen atoms in total. The molecule has 0 fully saturated rings. The smallest absolute Gasteiger partial charge is 0.0414 e. The Hall–Kier alpha value is -3.58. The van der Waals surface area contributed by atoms with Crippen molar-refractivity contribution < 1.29 is 0 Å². The van der Waals surface area contributed by atoms with Crippen LogP contribution < -0.4 is 4.90 Å². The minimum absolute atomic E-state index is 1.18. The zero-order valence-corrected chi connectivity index (χ0v) is 19.8. The van der Waals surface area contributed by atoms with E-state index >= 15 is 0 Å². The second kappa shape index (κ2) is 11.2. The Labute approximate surface area is 193 Å². The van der Waals surface area contributed by atoms with Crippen LogP contribution >= 0.6 is 0 Å². The van der Waals surface area contributed by atoms with Crippen LogP contribution in [0, 0.1) is 0 Å². The van der Waals surface area contributed by atoms with Crippen LogP contribution in [0.2, 0.25) is 0 Å². The fraction of sp³-hybridized carbons (Fsp3) is 0.161. The lowest BCUT2D eigenvalue weighted by atomic mass is 10.0. The number of fused-ring (bicyclic) bond motifs is 2. The number of hydrogen-bond acceptors (Lipinski definition) is 1. The molecule has 0 aromatic heterocycles. The van der Waals surface area contributed by atoms with Gasteiger partial charge in [0, 0.05) is 18.4 Å². The maximum absolute atomic E-state index is 2.26. The third-order valence-electron chi connectivity index (χ3n) is 5.46. The van der Waals surface area contributed by atoms with Crippen molar-refractivity contribution in [2.45, 2.75) is 27.7 Å². The SMILES string of the molecule is CC.CC.CN(c1ccc(-c2ccc3ccccc3c2)cc1)c1ccc2ccccc2c1. The van der Waals surface area contributed by atoms with Gasteiger partial charge in [0.1, 0.15) is 0 Å². The quantitative estimate of drug-likeness (QED) is 0.281. The molecule has 0 saturated heterocycles. The first-order valence-corrected chi connectivity index (χ1v) is 11.6. The van der Waals surface area contributed by atoms with Crippen LogP contribution in [0.25, 0.3) is 32.7 Å². The average molecular weight is 420 g/mol. The topological polar surface area (TPSA) is 3.24 Å². The van der Waals surface area contributed by atoms with E-state index < -0.39 is 0 Å². The Morgan fingerprint density at radius 2 is 0.844 bits per heavy atom. The molecular weight excluding hydrogens is 386 g/mol. The van der Waals surface area contributed by atoms with Crippen molar-refractivity contribution in [3.63, 3.8) is 0 Å². The number of hydrogen-bond donors (Lipinski definition) is 0. The van der Waals surface area contributed by atoms with Crippen LogP contribution in [0.5, 0.6) is 0 Å². The van der Waals surface area contributed by atoms with Crippen LogP contribution in [0.1, 0.15) is 27.7 Å². The molecule has 0 N–H and O–H groups in total. The summed E-state index contributed by atoms with van der Waals surface area (Å²) in [6.45, 7) is 8.00. The molecule has 5 aromatic carbocycles.